The van der Waals surface area contributed by atoms with E-state index in [1.807, 2.05) is 6.07 Å². The Kier molecular flexibility index (Phi) is 5.83. The third kappa shape index (κ3) is 3.72. The van der Waals surface area contributed by atoms with Gasteiger partial charge < -0.3 is 10.5 Å². The fourth-order valence-corrected chi connectivity index (χ4v) is 0.963. The van der Waals surface area contributed by atoms with Crippen LogP contribution in [0.5, 0.6) is 0 Å². The molecule has 0 spiro atoms. The molecule has 1 unspecified atom stereocenters. The molecule has 0 aliphatic heterocycles. The molecule has 0 aromatic carbocycles. The number of methoxy groups -OCH3 is 1. The van der Waals surface area contributed by atoms with Crippen molar-refractivity contribution in [3.63, 3.8) is 0 Å². The first-order valence-electron chi connectivity index (χ1n) is 3.97. The van der Waals surface area contributed by atoms with Gasteiger partial charge >= 0.3 is 5.97 Å². The molecule has 1 rings (SSSR count). The lowest BCUT2D eigenvalue weighted by Crippen LogP contribution is -2.17. The van der Waals surface area contributed by atoms with Crippen molar-refractivity contribution < 1.29 is 9.53 Å². The van der Waals surface area contributed by atoms with Crippen LogP contribution in [0.25, 0.3) is 0 Å². The first-order valence-corrected chi connectivity index (χ1v) is 3.97. The minimum Gasteiger partial charge on any atom is -0.469 e. The summed E-state index contributed by atoms with van der Waals surface area (Å²) < 4.78 is 4.50. The lowest BCUT2D eigenvalue weighted by atomic mass is 10.1. The van der Waals surface area contributed by atoms with Crippen LogP contribution < -0.4 is 5.73 Å². The number of aromatic nitrogens is 1. The number of nitrogens with two attached hydrogens (primary N) is 1. The topological polar surface area (TPSA) is 65.2 Å². The summed E-state index contributed by atoms with van der Waals surface area (Å²) in [5.41, 5.74) is 6.41. The van der Waals surface area contributed by atoms with E-state index in [1.54, 1.807) is 18.3 Å². The molecular formula is C9H13ClN2O2. The fourth-order valence-electron chi connectivity index (χ4n) is 0.963. The minimum atomic E-state index is -0.381. The largest absolute Gasteiger partial charge is 0.469 e. The second kappa shape index (κ2) is 6.34. The standard InChI is InChI=1S/C9H12N2O2.ClH/c1-13-9(12)6-7(10)8-4-2-3-5-11-8;/h2-5,7H,6,10H2,1H3;1H. The molecule has 1 aromatic heterocycles. The summed E-state index contributed by atoms with van der Waals surface area (Å²) in [6, 6.07) is 5.04. The molecule has 0 aliphatic carbocycles. The summed E-state index contributed by atoms with van der Waals surface area (Å²) in [7, 11) is 1.34. The Labute approximate surface area is 88.9 Å². The number of hydrogen-bond donors (Lipinski definition) is 1. The molecule has 1 atom stereocenters. The van der Waals surface area contributed by atoms with Gasteiger partial charge in [0, 0.05) is 6.20 Å². The quantitative estimate of drug-likeness (QED) is 0.768. The molecule has 0 saturated carbocycles. The van der Waals surface area contributed by atoms with E-state index in [-0.39, 0.29) is 30.8 Å². The Morgan fingerprint density at radius 1 is 1.64 bits per heavy atom. The van der Waals surface area contributed by atoms with Crippen LogP contribution in [0.3, 0.4) is 0 Å². The monoisotopic (exact) mass is 216 g/mol. The maximum atomic E-state index is 10.9. The van der Waals surface area contributed by atoms with Gasteiger partial charge in [-0.25, -0.2) is 0 Å². The SMILES string of the molecule is COC(=O)CC(N)c1ccccn1.Cl. The van der Waals surface area contributed by atoms with Gasteiger partial charge in [0.2, 0.25) is 0 Å². The maximum absolute atomic E-state index is 10.9. The number of pyridine rings is 1. The summed E-state index contributed by atoms with van der Waals surface area (Å²) >= 11 is 0. The third-order valence-corrected chi connectivity index (χ3v) is 1.68. The summed E-state index contributed by atoms with van der Waals surface area (Å²) in [5.74, 6) is -0.321. The third-order valence-electron chi connectivity index (χ3n) is 1.68. The number of esters is 1. The number of hydrogen-bond acceptors (Lipinski definition) is 4. The van der Waals surface area contributed by atoms with Gasteiger partial charge in [-0.15, -0.1) is 12.4 Å². The Hall–Kier alpha value is -1.13. The highest BCUT2D eigenvalue weighted by atomic mass is 35.5. The zero-order valence-corrected chi connectivity index (χ0v) is 8.66. The van der Waals surface area contributed by atoms with Gasteiger partial charge in [-0.1, -0.05) is 6.07 Å². The fraction of sp³-hybridized carbons (Fsp3) is 0.333. The van der Waals surface area contributed by atoms with Crippen molar-refractivity contribution in [2.75, 3.05) is 7.11 Å². The van der Waals surface area contributed by atoms with Gasteiger partial charge in [0.25, 0.3) is 0 Å². The molecule has 0 amide bonds. The number of carbonyl (C=O) groups is 1. The molecule has 1 heterocycles. The molecule has 0 saturated heterocycles. The second-order valence-corrected chi connectivity index (χ2v) is 2.64. The van der Waals surface area contributed by atoms with Crippen molar-refractivity contribution in [1.82, 2.24) is 4.98 Å². The number of carbonyl (C=O) groups excluding carboxylic acids is 1. The van der Waals surface area contributed by atoms with E-state index >= 15 is 0 Å². The van der Waals surface area contributed by atoms with E-state index < -0.39 is 0 Å². The molecule has 0 bridgehead atoms. The summed E-state index contributed by atoms with van der Waals surface area (Å²) in [5, 5.41) is 0. The van der Waals surface area contributed by atoms with Crippen molar-refractivity contribution in [1.29, 1.82) is 0 Å². The zero-order chi connectivity index (χ0) is 9.68. The normalized spacial score (nSPS) is 11.3. The van der Waals surface area contributed by atoms with Gasteiger partial charge in [-0.2, -0.15) is 0 Å². The molecule has 2 N–H and O–H groups in total. The van der Waals surface area contributed by atoms with E-state index in [9.17, 15) is 4.79 Å². The molecule has 14 heavy (non-hydrogen) atoms. The maximum Gasteiger partial charge on any atom is 0.307 e. The smallest absolute Gasteiger partial charge is 0.307 e. The molecule has 0 radical (unpaired) electrons. The Balaban J connectivity index is 0.00000169. The highest BCUT2D eigenvalue weighted by molar-refractivity contribution is 5.85. The zero-order valence-electron chi connectivity index (χ0n) is 7.84. The Morgan fingerprint density at radius 3 is 2.86 bits per heavy atom. The molecule has 0 aliphatic rings. The van der Waals surface area contributed by atoms with Crippen LogP contribution in [0, 0.1) is 0 Å². The van der Waals surface area contributed by atoms with E-state index in [1.165, 1.54) is 7.11 Å². The van der Waals surface area contributed by atoms with Gasteiger partial charge in [0.15, 0.2) is 0 Å². The van der Waals surface area contributed by atoms with Gasteiger partial charge in [0.1, 0.15) is 0 Å². The highest BCUT2D eigenvalue weighted by Crippen LogP contribution is 2.10. The van der Waals surface area contributed by atoms with E-state index in [4.69, 9.17) is 5.73 Å². The predicted octanol–water partition coefficient (Wildman–Crippen LogP) is 1.07. The highest BCUT2D eigenvalue weighted by Gasteiger charge is 2.11. The Bertz CT molecular complexity index is 279. The van der Waals surface area contributed by atoms with Crippen molar-refractivity contribution in [2.45, 2.75) is 12.5 Å². The summed E-state index contributed by atoms with van der Waals surface area (Å²) in [6.07, 6.45) is 1.81. The lowest BCUT2D eigenvalue weighted by molar-refractivity contribution is -0.141. The van der Waals surface area contributed by atoms with Gasteiger partial charge in [0.05, 0.1) is 25.3 Å². The van der Waals surface area contributed by atoms with E-state index in [2.05, 4.69) is 9.72 Å². The number of nitrogens with zero attached hydrogens (tertiary/aromatic N) is 1. The molecule has 78 valence electrons. The minimum absolute atomic E-state index is 0. The molecule has 5 heteroatoms. The van der Waals surface area contributed by atoms with Crippen LogP contribution in [-0.2, 0) is 9.53 Å². The van der Waals surface area contributed by atoms with E-state index in [0.717, 1.165) is 0 Å². The lowest BCUT2D eigenvalue weighted by Gasteiger charge is -2.08. The van der Waals surface area contributed by atoms with Crippen LogP contribution >= 0.6 is 12.4 Å². The average molecular weight is 217 g/mol. The van der Waals surface area contributed by atoms with Crippen molar-refractivity contribution in [2.24, 2.45) is 5.73 Å². The van der Waals surface area contributed by atoms with Crippen molar-refractivity contribution in [3.05, 3.63) is 30.1 Å². The van der Waals surface area contributed by atoms with Crippen LogP contribution in [0.1, 0.15) is 18.2 Å². The van der Waals surface area contributed by atoms with Crippen molar-refractivity contribution in [3.8, 4) is 0 Å². The van der Waals surface area contributed by atoms with E-state index in [0.29, 0.717) is 5.69 Å². The van der Waals surface area contributed by atoms with Crippen LogP contribution in [-0.4, -0.2) is 18.1 Å². The first-order chi connectivity index (χ1) is 6.24. The number of ether oxygens (including phenoxy) is 1. The summed E-state index contributed by atoms with van der Waals surface area (Å²) in [4.78, 5) is 14.9. The average Bonchev–Trinajstić information content (AvgIpc) is 2.19. The second-order valence-electron chi connectivity index (χ2n) is 2.64. The molecule has 4 nitrogen and oxygen atoms in total. The number of halogens is 1. The Morgan fingerprint density at radius 2 is 2.36 bits per heavy atom. The molecule has 0 fully saturated rings. The first kappa shape index (κ1) is 12.9. The number of rotatable bonds is 3. The predicted molar refractivity (Wildman–Crippen MR) is 55.0 cm³/mol. The van der Waals surface area contributed by atoms with Crippen LogP contribution in [0.2, 0.25) is 0 Å². The summed E-state index contributed by atoms with van der Waals surface area (Å²) in [6.45, 7) is 0. The van der Waals surface area contributed by atoms with Gasteiger partial charge in [-0.05, 0) is 12.1 Å². The van der Waals surface area contributed by atoms with Crippen LogP contribution in [0.15, 0.2) is 24.4 Å². The van der Waals surface area contributed by atoms with Gasteiger partial charge in [-0.3, -0.25) is 9.78 Å². The van der Waals surface area contributed by atoms with Crippen LogP contribution in [0.4, 0.5) is 0 Å². The molecule has 1 aromatic rings. The molecular weight excluding hydrogens is 204 g/mol. The van der Waals surface area contributed by atoms with Crippen molar-refractivity contribution >= 4 is 18.4 Å².